The quantitative estimate of drug-likeness (QED) is 0.387. The van der Waals surface area contributed by atoms with Crippen LogP contribution in [0.4, 0.5) is 5.69 Å². The zero-order valence-corrected chi connectivity index (χ0v) is 12.5. The predicted molar refractivity (Wildman–Crippen MR) is 81.9 cm³/mol. The molecule has 2 aliphatic heterocycles. The predicted octanol–water partition coefficient (Wildman–Crippen LogP) is -0.624. The van der Waals surface area contributed by atoms with Crippen molar-refractivity contribution in [2.45, 2.75) is 12.5 Å². The summed E-state index contributed by atoms with van der Waals surface area (Å²) in [7, 11) is 0. The Bertz CT molecular complexity index is 572. The Morgan fingerprint density at radius 1 is 1.26 bits per heavy atom. The minimum absolute atomic E-state index is 0.0580. The monoisotopic (exact) mass is 321 g/mol. The maximum Gasteiger partial charge on any atom is 0.336 e. The largest absolute Gasteiger partial charge is 0.506 e. The molecule has 0 spiro atoms. The molecule has 0 bridgehead atoms. The van der Waals surface area contributed by atoms with E-state index < -0.39 is 18.0 Å². The minimum atomic E-state index is -0.773. The number of phenols is 1. The molecule has 0 unspecified atom stereocenters. The molecule has 1 aromatic rings. The summed E-state index contributed by atoms with van der Waals surface area (Å²) in [4.78, 5) is 32.8. The Morgan fingerprint density at radius 3 is 2.52 bits per heavy atom. The van der Waals surface area contributed by atoms with Crippen molar-refractivity contribution in [3.05, 3.63) is 24.3 Å². The lowest BCUT2D eigenvalue weighted by Gasteiger charge is -2.29. The number of hydrogen-bond acceptors (Lipinski definition) is 7. The van der Waals surface area contributed by atoms with Gasteiger partial charge in [0.1, 0.15) is 11.8 Å². The van der Waals surface area contributed by atoms with Crippen LogP contribution in [0.5, 0.6) is 5.75 Å². The average Bonchev–Trinajstić information content (AvgIpc) is 2.87. The molecule has 3 rings (SSSR count). The van der Waals surface area contributed by atoms with Crippen LogP contribution in [-0.4, -0.2) is 55.7 Å². The highest BCUT2D eigenvalue weighted by Crippen LogP contribution is 2.26. The van der Waals surface area contributed by atoms with Gasteiger partial charge in [-0.3, -0.25) is 9.59 Å². The third kappa shape index (κ3) is 4.68. The Morgan fingerprint density at radius 2 is 1.96 bits per heavy atom. The number of ether oxygens (including phenoxy) is 1. The van der Waals surface area contributed by atoms with Gasteiger partial charge in [-0.15, -0.1) is 0 Å². The van der Waals surface area contributed by atoms with Crippen LogP contribution in [0.25, 0.3) is 0 Å². The summed E-state index contributed by atoms with van der Waals surface area (Å²) < 4.78 is 4.13. The molecule has 0 aromatic heterocycles. The molecule has 1 atom stereocenters. The third-order valence-corrected chi connectivity index (χ3v) is 3.48. The number of anilines is 1. The Balaban J connectivity index is 0.000000174. The number of phenolic OH excluding ortho intramolecular Hbond substituents is 1. The maximum absolute atomic E-state index is 10.5. The van der Waals surface area contributed by atoms with Crippen molar-refractivity contribution in [3.8, 4) is 5.75 Å². The van der Waals surface area contributed by atoms with Crippen molar-refractivity contribution in [1.82, 2.24) is 10.6 Å². The van der Waals surface area contributed by atoms with Crippen molar-refractivity contribution in [2.24, 2.45) is 0 Å². The van der Waals surface area contributed by atoms with Crippen molar-refractivity contribution in [3.63, 3.8) is 0 Å². The summed E-state index contributed by atoms with van der Waals surface area (Å²) in [5.74, 6) is -0.897. The highest BCUT2D eigenvalue weighted by atomic mass is 16.6. The van der Waals surface area contributed by atoms with Crippen LogP contribution in [0.2, 0.25) is 0 Å². The molecule has 8 heteroatoms. The molecule has 23 heavy (non-hydrogen) atoms. The second kappa shape index (κ2) is 8.14. The molecule has 8 nitrogen and oxygen atoms in total. The van der Waals surface area contributed by atoms with Gasteiger partial charge in [0.25, 0.3) is 0 Å². The first-order valence-electron chi connectivity index (χ1n) is 7.29. The number of esters is 2. The van der Waals surface area contributed by atoms with E-state index in [4.69, 9.17) is 0 Å². The summed E-state index contributed by atoms with van der Waals surface area (Å²) in [5.41, 5.74) is 0.948. The first-order valence-corrected chi connectivity index (χ1v) is 7.29. The van der Waals surface area contributed by atoms with Gasteiger partial charge in [0, 0.05) is 26.2 Å². The molecule has 2 fully saturated rings. The maximum atomic E-state index is 10.5. The number of hydrogen-bond donors (Lipinski definition) is 3. The van der Waals surface area contributed by atoms with Crippen LogP contribution in [0, 0.1) is 0 Å². The van der Waals surface area contributed by atoms with Crippen molar-refractivity contribution >= 4 is 24.0 Å². The fraction of sp³-hybridized carbons (Fsp3) is 0.400. The number of carbonyl (C=O) groups is 3. The lowest BCUT2D eigenvalue weighted by Crippen LogP contribution is -2.43. The van der Waals surface area contributed by atoms with Gasteiger partial charge in [-0.1, -0.05) is 12.1 Å². The number of nitrogens with one attached hydrogen (secondary N) is 2. The molecular weight excluding hydrogens is 302 g/mol. The molecule has 2 heterocycles. The van der Waals surface area contributed by atoms with E-state index in [2.05, 4.69) is 20.3 Å². The van der Waals surface area contributed by atoms with E-state index in [1.54, 1.807) is 6.07 Å². The summed E-state index contributed by atoms with van der Waals surface area (Å²) >= 11 is 0. The van der Waals surface area contributed by atoms with Gasteiger partial charge in [-0.2, -0.15) is 0 Å². The van der Waals surface area contributed by atoms with Crippen LogP contribution in [0.1, 0.15) is 6.42 Å². The van der Waals surface area contributed by atoms with Crippen LogP contribution >= 0.6 is 0 Å². The van der Waals surface area contributed by atoms with E-state index in [0.29, 0.717) is 12.2 Å². The second-order valence-corrected chi connectivity index (χ2v) is 5.06. The molecule has 3 N–H and O–H groups in total. The summed E-state index contributed by atoms with van der Waals surface area (Å²) in [6, 6.07) is 6.72. The summed E-state index contributed by atoms with van der Waals surface area (Å²) in [6.45, 7) is 3.93. The molecule has 1 amide bonds. The number of amides is 1. The Labute approximate surface area is 133 Å². The van der Waals surface area contributed by atoms with Crippen LogP contribution in [0.3, 0.4) is 0 Å². The van der Waals surface area contributed by atoms with Gasteiger partial charge in [0.15, 0.2) is 0 Å². The average molecular weight is 321 g/mol. The van der Waals surface area contributed by atoms with Crippen LogP contribution in [-0.2, 0) is 19.1 Å². The number of nitrogens with zero attached hydrogens (tertiary/aromatic N) is 1. The van der Waals surface area contributed by atoms with Gasteiger partial charge in [0.2, 0.25) is 6.41 Å². The number of carbonyl (C=O) groups excluding carboxylic acids is 3. The molecular formula is C15H19N3O5. The topological polar surface area (TPSA) is 108 Å². The molecule has 2 aliphatic rings. The standard InChI is InChI=1S/C10H14N2O.C5H5NO4/c13-10-4-2-1-3-9(10)12-7-5-11-6-8-12;7-2-6-3-1-4(8)10-5(3)9/h1-4,11,13H,5-8H2;2-3H,1H2,(H,6,7)/t;3-/m.0/s1. The molecule has 2 saturated heterocycles. The van der Waals surface area contributed by atoms with Crippen molar-refractivity contribution in [2.75, 3.05) is 31.1 Å². The minimum Gasteiger partial charge on any atom is -0.506 e. The van der Waals surface area contributed by atoms with Gasteiger partial charge in [0.05, 0.1) is 12.1 Å². The van der Waals surface area contributed by atoms with Crippen LogP contribution in [0.15, 0.2) is 24.3 Å². The van der Waals surface area contributed by atoms with E-state index in [1.165, 1.54) is 0 Å². The zero-order chi connectivity index (χ0) is 16.7. The fourth-order valence-corrected chi connectivity index (χ4v) is 2.32. The lowest BCUT2D eigenvalue weighted by atomic mass is 10.2. The Kier molecular flexibility index (Phi) is 5.93. The lowest BCUT2D eigenvalue weighted by molar-refractivity contribution is -0.152. The van der Waals surface area contributed by atoms with Crippen molar-refractivity contribution < 1.29 is 24.2 Å². The third-order valence-electron chi connectivity index (χ3n) is 3.48. The molecule has 124 valence electrons. The van der Waals surface area contributed by atoms with E-state index >= 15 is 0 Å². The van der Waals surface area contributed by atoms with E-state index in [0.717, 1.165) is 31.9 Å². The number of cyclic esters (lactones) is 2. The van der Waals surface area contributed by atoms with Gasteiger partial charge < -0.3 is 25.4 Å². The van der Waals surface area contributed by atoms with E-state index in [9.17, 15) is 19.5 Å². The second-order valence-electron chi connectivity index (χ2n) is 5.06. The first kappa shape index (κ1) is 16.8. The molecule has 1 aromatic carbocycles. The summed E-state index contributed by atoms with van der Waals surface area (Å²) in [5, 5.41) is 15.0. The number of benzene rings is 1. The first-order chi connectivity index (χ1) is 11.1. The number of para-hydroxylation sites is 2. The van der Waals surface area contributed by atoms with E-state index in [-0.39, 0.29) is 6.42 Å². The molecule has 0 saturated carbocycles. The SMILES string of the molecule is O=CN[C@H]1CC(=O)OC1=O.Oc1ccccc1N1CCNCC1. The normalized spacial score (nSPS) is 20.3. The number of aromatic hydroxyl groups is 1. The number of rotatable bonds is 3. The van der Waals surface area contributed by atoms with Gasteiger partial charge in [-0.25, -0.2) is 4.79 Å². The van der Waals surface area contributed by atoms with Crippen molar-refractivity contribution in [1.29, 1.82) is 0 Å². The zero-order valence-electron chi connectivity index (χ0n) is 12.5. The highest BCUT2D eigenvalue weighted by molar-refractivity contribution is 5.97. The van der Waals surface area contributed by atoms with E-state index in [1.807, 2.05) is 18.2 Å². The van der Waals surface area contributed by atoms with Gasteiger partial charge >= 0.3 is 11.9 Å². The molecule has 0 aliphatic carbocycles. The molecule has 0 radical (unpaired) electrons. The van der Waals surface area contributed by atoms with Gasteiger partial charge in [-0.05, 0) is 12.1 Å². The summed E-state index contributed by atoms with van der Waals surface area (Å²) in [6.07, 6.45) is 0.308. The number of piperazine rings is 1. The highest BCUT2D eigenvalue weighted by Gasteiger charge is 2.32. The van der Waals surface area contributed by atoms with Crippen LogP contribution < -0.4 is 15.5 Å². The Hall–Kier alpha value is -2.61. The smallest absolute Gasteiger partial charge is 0.336 e. The fourth-order valence-electron chi connectivity index (χ4n) is 2.32.